The second-order valence-corrected chi connectivity index (χ2v) is 8.46. The Morgan fingerprint density at radius 3 is 2.25 bits per heavy atom. The summed E-state index contributed by atoms with van der Waals surface area (Å²) >= 11 is 1.37. The van der Waals surface area contributed by atoms with Gasteiger partial charge in [0.1, 0.15) is 23.7 Å². The van der Waals surface area contributed by atoms with Crippen molar-refractivity contribution < 1.29 is 29.1 Å². The zero-order valence-corrected chi connectivity index (χ0v) is 18.1. The van der Waals surface area contributed by atoms with Crippen molar-refractivity contribution in [1.82, 2.24) is 10.4 Å². The van der Waals surface area contributed by atoms with E-state index in [1.165, 1.54) is 23.6 Å². The highest BCUT2D eigenvalue weighted by atomic mass is 32.2. The van der Waals surface area contributed by atoms with Gasteiger partial charge in [0.15, 0.2) is 6.10 Å². The van der Waals surface area contributed by atoms with Gasteiger partial charge in [0.05, 0.1) is 0 Å². The maximum absolute atomic E-state index is 13.4. The molecule has 9 heteroatoms. The summed E-state index contributed by atoms with van der Waals surface area (Å²) in [6.45, 7) is 1.15. The first-order chi connectivity index (χ1) is 15.5. The molecule has 0 aliphatic carbocycles. The van der Waals surface area contributed by atoms with E-state index < -0.39 is 35.4 Å². The minimum atomic E-state index is -0.808. The lowest BCUT2D eigenvalue weighted by Gasteiger charge is -2.49. The molecule has 1 saturated heterocycles. The third-order valence-electron chi connectivity index (χ3n) is 5.26. The fraction of sp³-hybridized carbons (Fsp3) is 0.261. The number of amides is 1. The van der Waals surface area contributed by atoms with Crippen LogP contribution in [0.15, 0.2) is 71.9 Å². The lowest BCUT2D eigenvalue weighted by atomic mass is 10.0. The highest BCUT2D eigenvalue weighted by Crippen LogP contribution is 2.41. The van der Waals surface area contributed by atoms with Gasteiger partial charge in [-0.1, -0.05) is 60.7 Å². The molecule has 166 valence electrons. The summed E-state index contributed by atoms with van der Waals surface area (Å²) in [6, 6.07) is 17.8. The maximum atomic E-state index is 13.4. The number of hydrogen-bond donors (Lipinski definition) is 2. The third kappa shape index (κ3) is 4.27. The van der Waals surface area contributed by atoms with Crippen molar-refractivity contribution in [1.29, 1.82) is 0 Å². The van der Waals surface area contributed by atoms with E-state index in [0.29, 0.717) is 11.3 Å². The molecule has 4 rings (SSSR count). The van der Waals surface area contributed by atoms with Gasteiger partial charge < -0.3 is 14.7 Å². The molecule has 2 N–H and O–H groups in total. The van der Waals surface area contributed by atoms with Crippen LogP contribution in [0.1, 0.15) is 24.2 Å². The van der Waals surface area contributed by atoms with Gasteiger partial charge in [-0.25, -0.2) is 4.79 Å². The van der Waals surface area contributed by atoms with Crippen molar-refractivity contribution in [2.75, 3.05) is 12.4 Å². The number of esters is 2. The Morgan fingerprint density at radius 1 is 1.12 bits per heavy atom. The molecular weight excluding hydrogens is 432 g/mol. The minimum Gasteiger partial charge on any atom is -0.461 e. The lowest BCUT2D eigenvalue weighted by molar-refractivity contribution is -0.157. The number of benzene rings is 2. The maximum Gasteiger partial charge on any atom is 0.356 e. The highest BCUT2D eigenvalue weighted by Gasteiger charge is 2.54. The van der Waals surface area contributed by atoms with Crippen LogP contribution in [0.3, 0.4) is 0 Å². The van der Waals surface area contributed by atoms with Crippen molar-refractivity contribution in [3.05, 3.63) is 83.1 Å². The van der Waals surface area contributed by atoms with Crippen molar-refractivity contribution in [2.24, 2.45) is 0 Å². The number of nitrogens with zero attached hydrogens (tertiary/aromatic N) is 1. The van der Waals surface area contributed by atoms with E-state index in [4.69, 9.17) is 9.47 Å². The molecule has 0 unspecified atom stereocenters. The number of carbonyl (C=O) groups excluding carboxylic acids is 3. The van der Waals surface area contributed by atoms with Gasteiger partial charge in [0.2, 0.25) is 0 Å². The van der Waals surface area contributed by atoms with E-state index >= 15 is 0 Å². The van der Waals surface area contributed by atoms with Crippen LogP contribution in [0.4, 0.5) is 0 Å². The molecule has 2 aromatic carbocycles. The van der Waals surface area contributed by atoms with Crippen molar-refractivity contribution in [3.63, 3.8) is 0 Å². The molecule has 2 aliphatic heterocycles. The Balaban J connectivity index is 1.68. The van der Waals surface area contributed by atoms with Gasteiger partial charge in [-0.15, -0.1) is 11.8 Å². The van der Waals surface area contributed by atoms with Crippen LogP contribution < -0.4 is 5.48 Å². The first-order valence-electron chi connectivity index (χ1n) is 10.0. The van der Waals surface area contributed by atoms with E-state index in [9.17, 15) is 19.6 Å². The van der Waals surface area contributed by atoms with Gasteiger partial charge in [-0.05, 0) is 11.1 Å². The van der Waals surface area contributed by atoms with Crippen LogP contribution in [0, 0.1) is 0 Å². The summed E-state index contributed by atoms with van der Waals surface area (Å²) in [6.07, 6.45) is -0.691. The number of carbonyl (C=O) groups is 3. The van der Waals surface area contributed by atoms with Crippen LogP contribution >= 0.6 is 11.8 Å². The van der Waals surface area contributed by atoms with Crippen LogP contribution in [0.2, 0.25) is 0 Å². The van der Waals surface area contributed by atoms with Crippen LogP contribution in [0.5, 0.6) is 0 Å². The number of fused-ring (bicyclic) bond motifs is 1. The first-order valence-corrected chi connectivity index (χ1v) is 11.1. The van der Waals surface area contributed by atoms with Crippen LogP contribution in [0.25, 0.3) is 0 Å². The van der Waals surface area contributed by atoms with E-state index in [0.717, 1.165) is 11.1 Å². The van der Waals surface area contributed by atoms with E-state index in [1.54, 1.807) is 0 Å². The number of hydrogen-bond acceptors (Lipinski definition) is 8. The number of hydroxylamine groups is 1. The Labute approximate surface area is 189 Å². The molecular formula is C23H22N2O6S. The minimum absolute atomic E-state index is 0.0587. The quantitative estimate of drug-likeness (QED) is 0.373. The van der Waals surface area contributed by atoms with Crippen molar-refractivity contribution in [3.8, 4) is 0 Å². The summed E-state index contributed by atoms with van der Waals surface area (Å²) in [7, 11) is 0. The number of thioether (sulfide) groups is 1. The van der Waals surface area contributed by atoms with Crippen LogP contribution in [-0.4, -0.2) is 51.7 Å². The molecule has 0 saturated carbocycles. The topological polar surface area (TPSA) is 105 Å². The first kappa shape index (κ1) is 22.1. The Hall–Kier alpha value is -3.14. The third-order valence-corrected chi connectivity index (χ3v) is 6.60. The molecule has 0 radical (unpaired) electrons. The van der Waals surface area contributed by atoms with E-state index in [1.807, 2.05) is 66.1 Å². The number of nitrogens with one attached hydrogen (secondary N) is 1. The van der Waals surface area contributed by atoms with Crippen LogP contribution in [-0.2, 0) is 23.9 Å². The SMILES string of the molecule is CC(=O)OCC1=C(C(=O)OC(c2ccccc2)c2ccccc2)N2C(=O)[C@@H](NO)[C@H]2SC1. The normalized spacial score (nSPS) is 20.0. The summed E-state index contributed by atoms with van der Waals surface area (Å²) in [5, 5.41) is 8.84. The van der Waals surface area contributed by atoms with Crippen molar-refractivity contribution in [2.45, 2.75) is 24.4 Å². The standard InChI is InChI=1S/C23H22N2O6S/c1-14(26)30-12-17-13-32-22-18(24-29)21(27)25(22)19(17)23(28)31-20(15-8-4-2-5-9-15)16-10-6-3-7-11-16/h2-11,18,20,22,24,29H,12-13H2,1H3/t18-,22-/m1/s1. The lowest BCUT2D eigenvalue weighted by Crippen LogP contribution is -2.69. The van der Waals surface area contributed by atoms with Gasteiger partial charge in [-0.2, -0.15) is 5.48 Å². The molecule has 8 nitrogen and oxygen atoms in total. The summed E-state index contributed by atoms with van der Waals surface area (Å²) < 4.78 is 11.1. The molecule has 2 atom stereocenters. The molecule has 0 spiro atoms. The van der Waals surface area contributed by atoms with Crippen molar-refractivity contribution >= 4 is 29.6 Å². The predicted octanol–water partition coefficient (Wildman–Crippen LogP) is 2.40. The molecule has 2 aromatic rings. The Morgan fingerprint density at radius 2 is 1.72 bits per heavy atom. The molecule has 1 fully saturated rings. The summed E-state index contributed by atoms with van der Waals surface area (Å²) in [4.78, 5) is 38.7. The van der Waals surface area contributed by atoms with E-state index in [2.05, 4.69) is 0 Å². The largest absolute Gasteiger partial charge is 0.461 e. The average molecular weight is 455 g/mol. The summed E-state index contributed by atoms with van der Waals surface area (Å²) in [5.41, 5.74) is 4.09. The zero-order chi connectivity index (χ0) is 22.7. The van der Waals surface area contributed by atoms with Gasteiger partial charge >= 0.3 is 11.9 Å². The van der Waals surface area contributed by atoms with E-state index in [-0.39, 0.29) is 12.3 Å². The molecule has 2 aliphatic rings. The average Bonchev–Trinajstić information content (AvgIpc) is 2.81. The molecule has 0 bridgehead atoms. The monoisotopic (exact) mass is 454 g/mol. The zero-order valence-electron chi connectivity index (χ0n) is 17.3. The molecule has 1 amide bonds. The second kappa shape index (κ2) is 9.56. The number of rotatable bonds is 7. The second-order valence-electron chi connectivity index (χ2n) is 7.36. The Bertz CT molecular complexity index is 1000. The van der Waals surface area contributed by atoms with Gasteiger partial charge in [-0.3, -0.25) is 14.5 Å². The smallest absolute Gasteiger partial charge is 0.356 e. The highest BCUT2D eigenvalue weighted by molar-refractivity contribution is 8.00. The fourth-order valence-corrected chi connectivity index (χ4v) is 5.02. The summed E-state index contributed by atoms with van der Waals surface area (Å²) in [5.74, 6) is -1.28. The molecule has 2 heterocycles. The fourth-order valence-electron chi connectivity index (χ4n) is 3.70. The number of ether oxygens (including phenoxy) is 2. The predicted molar refractivity (Wildman–Crippen MR) is 116 cm³/mol. The Kier molecular flexibility index (Phi) is 6.59. The van der Waals surface area contributed by atoms with Gasteiger partial charge in [0.25, 0.3) is 5.91 Å². The molecule has 32 heavy (non-hydrogen) atoms. The molecule has 0 aromatic heterocycles. The number of β-lactam (4-membered cyclic amide) rings is 1. The van der Waals surface area contributed by atoms with Gasteiger partial charge in [0, 0.05) is 18.2 Å².